The van der Waals surface area contributed by atoms with Crippen LogP contribution >= 0.6 is 0 Å². The van der Waals surface area contributed by atoms with Crippen LogP contribution in [0, 0.1) is 39.8 Å². The van der Waals surface area contributed by atoms with Gasteiger partial charge in [-0.3, -0.25) is 0 Å². The van der Waals surface area contributed by atoms with Gasteiger partial charge in [0.25, 0.3) is 0 Å². The lowest BCUT2D eigenvalue weighted by atomic mass is 10.1. The minimum atomic E-state index is -0.644. The summed E-state index contributed by atoms with van der Waals surface area (Å²) >= 11 is 0. The number of allylic oxidation sites excluding steroid dienone is 2. The molecule has 0 aliphatic carbocycles. The first-order valence-corrected chi connectivity index (χ1v) is 5.48. The molecule has 0 aliphatic rings. The molecule has 0 amide bonds. The van der Waals surface area contributed by atoms with E-state index in [9.17, 15) is 4.39 Å². The number of hydrogen-bond acceptors (Lipinski definition) is 7. The summed E-state index contributed by atoms with van der Waals surface area (Å²) in [6, 6.07) is 8.88. The number of halogens is 1. The molecule has 0 saturated carbocycles. The Morgan fingerprint density at radius 1 is 1.19 bits per heavy atom. The number of benzene rings is 1. The summed E-state index contributed by atoms with van der Waals surface area (Å²) in [5.41, 5.74) is -0.610. The lowest BCUT2D eigenvalue weighted by molar-refractivity contribution is 0.418. The molecule has 2 aromatic rings. The number of nitrogens with zero attached hydrogens (tertiary/aromatic N) is 5. The SMILES string of the molecule is N#CC(C#N)=C(C#N)Nc1cccc(F)c1-c1ncon1. The molecule has 0 aliphatic heterocycles. The maximum Gasteiger partial charge on any atom is 0.214 e. The fourth-order valence-electron chi connectivity index (χ4n) is 1.55. The molecule has 1 N–H and O–H groups in total. The summed E-state index contributed by atoms with van der Waals surface area (Å²) in [6.07, 6.45) is 1.03. The molecule has 0 bridgehead atoms. The van der Waals surface area contributed by atoms with E-state index in [1.165, 1.54) is 18.2 Å². The summed E-state index contributed by atoms with van der Waals surface area (Å²) in [4.78, 5) is 3.74. The van der Waals surface area contributed by atoms with Crippen molar-refractivity contribution in [3.8, 4) is 29.6 Å². The first-order valence-electron chi connectivity index (χ1n) is 5.48. The highest BCUT2D eigenvalue weighted by atomic mass is 19.1. The molecule has 0 atom stereocenters. The van der Waals surface area contributed by atoms with Crippen LogP contribution in [-0.4, -0.2) is 10.1 Å². The lowest BCUT2D eigenvalue weighted by Crippen LogP contribution is -2.03. The van der Waals surface area contributed by atoms with Gasteiger partial charge in [0.2, 0.25) is 12.2 Å². The van der Waals surface area contributed by atoms with Gasteiger partial charge in [-0.05, 0) is 12.1 Å². The quantitative estimate of drug-likeness (QED) is 0.854. The first kappa shape index (κ1) is 13.7. The van der Waals surface area contributed by atoms with Crippen LogP contribution in [0.4, 0.5) is 10.1 Å². The third-order valence-electron chi connectivity index (χ3n) is 2.44. The molecular formula is C13H5FN6O. The van der Waals surface area contributed by atoms with Crippen LogP contribution in [0.5, 0.6) is 0 Å². The van der Waals surface area contributed by atoms with Crippen molar-refractivity contribution in [2.24, 2.45) is 0 Å². The van der Waals surface area contributed by atoms with Gasteiger partial charge >= 0.3 is 0 Å². The number of rotatable bonds is 3. The Balaban J connectivity index is 2.56. The molecule has 2 rings (SSSR count). The predicted octanol–water partition coefficient (Wildman–Crippen LogP) is 2.11. The zero-order valence-electron chi connectivity index (χ0n) is 10.3. The smallest absolute Gasteiger partial charge is 0.214 e. The summed E-state index contributed by atoms with van der Waals surface area (Å²) in [7, 11) is 0. The average Bonchev–Trinajstić information content (AvgIpc) is 3.01. The molecule has 0 saturated heterocycles. The molecule has 21 heavy (non-hydrogen) atoms. The van der Waals surface area contributed by atoms with E-state index in [0.717, 1.165) is 6.39 Å². The number of aromatic nitrogens is 2. The van der Waals surface area contributed by atoms with Gasteiger partial charge in [0, 0.05) is 0 Å². The normalized spacial score (nSPS) is 9.05. The van der Waals surface area contributed by atoms with Crippen molar-refractivity contribution in [2.45, 2.75) is 0 Å². The standard InChI is InChI=1S/C13H5FN6O/c14-9-2-1-3-10(12(9)13-18-7-21-20-13)19-11(6-17)8(4-15)5-16/h1-3,7,19H. The van der Waals surface area contributed by atoms with E-state index < -0.39 is 11.4 Å². The third kappa shape index (κ3) is 2.67. The van der Waals surface area contributed by atoms with Gasteiger partial charge in [-0.1, -0.05) is 11.2 Å². The fourth-order valence-corrected chi connectivity index (χ4v) is 1.55. The van der Waals surface area contributed by atoms with Gasteiger partial charge in [0.05, 0.1) is 11.3 Å². The molecule has 7 nitrogen and oxygen atoms in total. The second-order valence-electron chi connectivity index (χ2n) is 3.63. The Hall–Kier alpha value is -3.70. The molecule has 0 unspecified atom stereocenters. The molecule has 0 spiro atoms. The average molecular weight is 280 g/mol. The van der Waals surface area contributed by atoms with Gasteiger partial charge < -0.3 is 9.84 Å². The molecule has 100 valence electrons. The zero-order chi connectivity index (χ0) is 15.2. The number of nitriles is 3. The van der Waals surface area contributed by atoms with Crippen molar-refractivity contribution >= 4 is 5.69 Å². The van der Waals surface area contributed by atoms with Crippen LogP contribution in [0.1, 0.15) is 0 Å². The molecule has 0 fully saturated rings. The highest BCUT2D eigenvalue weighted by molar-refractivity contribution is 5.76. The Kier molecular flexibility index (Phi) is 3.90. The maximum absolute atomic E-state index is 13.9. The van der Waals surface area contributed by atoms with Crippen molar-refractivity contribution < 1.29 is 8.91 Å². The molecule has 1 heterocycles. The first-order chi connectivity index (χ1) is 10.2. The van der Waals surface area contributed by atoms with E-state index >= 15 is 0 Å². The van der Waals surface area contributed by atoms with Gasteiger partial charge in [0.1, 0.15) is 29.7 Å². The van der Waals surface area contributed by atoms with Crippen LogP contribution in [0.25, 0.3) is 11.4 Å². The van der Waals surface area contributed by atoms with Crippen molar-refractivity contribution in [1.29, 1.82) is 15.8 Å². The van der Waals surface area contributed by atoms with E-state index in [-0.39, 0.29) is 22.8 Å². The zero-order valence-corrected chi connectivity index (χ0v) is 10.3. The van der Waals surface area contributed by atoms with Crippen LogP contribution < -0.4 is 5.32 Å². The predicted molar refractivity (Wildman–Crippen MR) is 67.2 cm³/mol. The molecular weight excluding hydrogens is 275 g/mol. The fraction of sp³-hybridized carbons (Fsp3) is 0. The Morgan fingerprint density at radius 2 is 1.95 bits per heavy atom. The van der Waals surface area contributed by atoms with Crippen molar-refractivity contribution in [2.75, 3.05) is 5.32 Å². The second kappa shape index (κ2) is 5.96. The summed E-state index contributed by atoms with van der Waals surface area (Å²) in [5, 5.41) is 32.6. The summed E-state index contributed by atoms with van der Waals surface area (Å²) in [5.74, 6) is -0.669. The minimum absolute atomic E-state index is 0.0247. The topological polar surface area (TPSA) is 122 Å². The molecule has 0 radical (unpaired) electrons. The Morgan fingerprint density at radius 3 is 2.52 bits per heavy atom. The lowest BCUT2D eigenvalue weighted by Gasteiger charge is -2.09. The maximum atomic E-state index is 13.9. The van der Waals surface area contributed by atoms with Crippen LogP contribution in [0.2, 0.25) is 0 Å². The van der Waals surface area contributed by atoms with Gasteiger partial charge in [-0.25, -0.2) is 4.39 Å². The molecule has 1 aromatic heterocycles. The largest absolute Gasteiger partial charge is 0.344 e. The van der Waals surface area contributed by atoms with Crippen molar-refractivity contribution in [3.05, 3.63) is 41.7 Å². The Labute approximate surface area is 118 Å². The van der Waals surface area contributed by atoms with E-state index in [0.29, 0.717) is 0 Å². The van der Waals surface area contributed by atoms with E-state index in [1.54, 1.807) is 18.2 Å². The van der Waals surface area contributed by atoms with Crippen LogP contribution in [0.3, 0.4) is 0 Å². The highest BCUT2D eigenvalue weighted by Crippen LogP contribution is 2.29. The van der Waals surface area contributed by atoms with E-state index in [4.69, 9.17) is 15.8 Å². The van der Waals surface area contributed by atoms with E-state index in [2.05, 4.69) is 20.0 Å². The number of anilines is 1. The Bertz CT molecular complexity index is 804. The minimum Gasteiger partial charge on any atom is -0.344 e. The van der Waals surface area contributed by atoms with Crippen molar-refractivity contribution in [1.82, 2.24) is 10.1 Å². The van der Waals surface area contributed by atoms with Crippen LogP contribution in [-0.2, 0) is 0 Å². The van der Waals surface area contributed by atoms with E-state index in [1.807, 2.05) is 0 Å². The second-order valence-corrected chi connectivity index (χ2v) is 3.63. The van der Waals surface area contributed by atoms with Gasteiger partial charge in [0.15, 0.2) is 5.57 Å². The number of hydrogen-bond donors (Lipinski definition) is 1. The van der Waals surface area contributed by atoms with Gasteiger partial charge in [-0.15, -0.1) is 0 Å². The highest BCUT2D eigenvalue weighted by Gasteiger charge is 2.17. The van der Waals surface area contributed by atoms with Gasteiger partial charge in [-0.2, -0.15) is 20.8 Å². The molecule has 1 aromatic carbocycles. The third-order valence-corrected chi connectivity index (χ3v) is 2.44. The van der Waals surface area contributed by atoms with Crippen LogP contribution in [0.15, 0.2) is 40.4 Å². The summed E-state index contributed by atoms with van der Waals surface area (Å²) in [6.45, 7) is 0. The summed E-state index contributed by atoms with van der Waals surface area (Å²) < 4.78 is 18.5. The molecule has 8 heteroatoms. The number of nitrogens with one attached hydrogen (secondary N) is 1. The van der Waals surface area contributed by atoms with Crippen molar-refractivity contribution in [3.63, 3.8) is 0 Å². The monoisotopic (exact) mass is 280 g/mol.